The van der Waals surface area contributed by atoms with E-state index in [0.29, 0.717) is 54.0 Å². The first-order chi connectivity index (χ1) is 19.1. The first kappa shape index (κ1) is 27.3. The summed E-state index contributed by atoms with van der Waals surface area (Å²) in [4.78, 5) is 5.39. The zero-order valence-corrected chi connectivity index (χ0v) is 21.9. The number of rotatable bonds is 6. The van der Waals surface area contributed by atoms with Crippen LogP contribution in [0.25, 0.3) is 16.9 Å². The number of halogens is 5. The molecule has 0 amide bonds. The standard InChI is InChI=1S/C29H27F5N6/c1-3-16-6-5-7-17(4-2)26(16)40-27(19-8-9-22(30)25(36)20(19)13-35)21-15-39(11-10-24(21)38-40)28-23(31)12-18(14-37-28)29(32,33)34/h5-9,12-14,35H,3-4,10-11,15,36H2,1-2H3. The molecule has 1 aliphatic heterocycles. The average Bonchev–Trinajstić information content (AvgIpc) is 3.31. The highest BCUT2D eigenvalue weighted by atomic mass is 19.4. The molecule has 0 radical (unpaired) electrons. The minimum Gasteiger partial charge on any atom is -0.396 e. The zero-order valence-electron chi connectivity index (χ0n) is 21.9. The van der Waals surface area contributed by atoms with E-state index in [4.69, 9.17) is 16.2 Å². The number of benzene rings is 2. The molecule has 6 nitrogen and oxygen atoms in total. The van der Waals surface area contributed by atoms with Crippen molar-refractivity contribution in [2.75, 3.05) is 17.2 Å². The van der Waals surface area contributed by atoms with E-state index in [0.717, 1.165) is 23.0 Å². The van der Waals surface area contributed by atoms with Crippen LogP contribution in [0.4, 0.5) is 33.5 Å². The lowest BCUT2D eigenvalue weighted by molar-refractivity contribution is -0.138. The molecule has 0 spiro atoms. The quantitative estimate of drug-likeness (QED) is 0.162. The molecule has 0 aliphatic carbocycles. The van der Waals surface area contributed by atoms with E-state index in [1.807, 2.05) is 32.0 Å². The Hall–Kier alpha value is -4.28. The summed E-state index contributed by atoms with van der Waals surface area (Å²) in [5.41, 5.74) is 10.2. The Morgan fingerprint density at radius 2 is 1.75 bits per heavy atom. The second-order valence-electron chi connectivity index (χ2n) is 9.58. The summed E-state index contributed by atoms with van der Waals surface area (Å²) in [6.07, 6.45) is -1.32. The highest BCUT2D eigenvalue weighted by Crippen LogP contribution is 2.39. The second kappa shape index (κ2) is 10.4. The lowest BCUT2D eigenvalue weighted by Crippen LogP contribution is -2.32. The van der Waals surface area contributed by atoms with Crippen LogP contribution in [0, 0.1) is 17.0 Å². The zero-order chi connectivity index (χ0) is 28.8. The molecule has 11 heteroatoms. The van der Waals surface area contributed by atoms with Gasteiger partial charge in [0.05, 0.1) is 28.3 Å². The Bertz CT molecular complexity index is 1590. The molecule has 40 heavy (non-hydrogen) atoms. The van der Waals surface area contributed by atoms with E-state index in [-0.39, 0.29) is 30.2 Å². The molecule has 0 fully saturated rings. The maximum absolute atomic E-state index is 14.9. The molecule has 2 aromatic carbocycles. The van der Waals surface area contributed by atoms with Gasteiger partial charge < -0.3 is 16.0 Å². The first-order valence-electron chi connectivity index (χ1n) is 12.9. The predicted octanol–water partition coefficient (Wildman–Crippen LogP) is 6.50. The number of aromatic nitrogens is 3. The molecule has 3 N–H and O–H groups in total. The number of para-hydroxylation sites is 1. The lowest BCUT2D eigenvalue weighted by Gasteiger charge is -2.28. The summed E-state index contributed by atoms with van der Waals surface area (Å²) in [7, 11) is 0. The Morgan fingerprint density at radius 1 is 1.05 bits per heavy atom. The van der Waals surface area contributed by atoms with Gasteiger partial charge in [0, 0.05) is 48.6 Å². The third-order valence-corrected chi connectivity index (χ3v) is 7.29. The SMILES string of the molecule is CCc1cccc(CC)c1-n1nc2c(c1-c1ccc(F)c(N)c1C=N)CN(c1ncc(C(F)(F)F)cc1F)CC2. The fourth-order valence-electron chi connectivity index (χ4n) is 5.27. The van der Waals surface area contributed by atoms with Gasteiger partial charge in [-0.15, -0.1) is 0 Å². The number of anilines is 2. The Labute approximate surface area is 227 Å². The number of nitrogens with two attached hydrogens (primary N) is 1. The largest absolute Gasteiger partial charge is 0.417 e. The van der Waals surface area contributed by atoms with Gasteiger partial charge in [-0.25, -0.2) is 18.4 Å². The van der Waals surface area contributed by atoms with E-state index in [9.17, 15) is 22.0 Å². The Balaban J connectivity index is 1.74. The van der Waals surface area contributed by atoms with Crippen molar-refractivity contribution in [1.82, 2.24) is 14.8 Å². The Morgan fingerprint density at radius 3 is 2.35 bits per heavy atom. The second-order valence-corrected chi connectivity index (χ2v) is 9.58. The van der Waals surface area contributed by atoms with Gasteiger partial charge in [0.1, 0.15) is 5.82 Å². The summed E-state index contributed by atoms with van der Waals surface area (Å²) in [6.45, 7) is 4.42. The summed E-state index contributed by atoms with van der Waals surface area (Å²) in [5, 5.41) is 13.0. The van der Waals surface area contributed by atoms with Crippen LogP contribution in [0.1, 0.15) is 47.4 Å². The third kappa shape index (κ3) is 4.59. The van der Waals surface area contributed by atoms with E-state index >= 15 is 0 Å². The molecular weight excluding hydrogens is 527 g/mol. The molecule has 0 atom stereocenters. The number of hydrogen-bond acceptors (Lipinski definition) is 5. The molecule has 208 valence electrons. The summed E-state index contributed by atoms with van der Waals surface area (Å²) >= 11 is 0. The first-order valence-corrected chi connectivity index (χ1v) is 12.9. The molecular formula is C29H27F5N6. The number of alkyl halides is 3. The molecule has 4 aromatic rings. The van der Waals surface area contributed by atoms with Crippen LogP contribution in [0.15, 0.2) is 42.6 Å². The number of nitrogen functional groups attached to an aromatic ring is 1. The van der Waals surface area contributed by atoms with E-state index in [1.54, 1.807) is 9.58 Å². The number of hydrogen-bond donors (Lipinski definition) is 2. The molecule has 0 unspecified atom stereocenters. The van der Waals surface area contributed by atoms with Crippen molar-refractivity contribution in [3.05, 3.63) is 87.7 Å². The maximum atomic E-state index is 14.9. The van der Waals surface area contributed by atoms with Crippen LogP contribution in [-0.2, 0) is 32.0 Å². The van der Waals surface area contributed by atoms with Crippen LogP contribution < -0.4 is 10.6 Å². The molecule has 0 saturated heterocycles. The van der Waals surface area contributed by atoms with E-state index in [1.165, 1.54) is 12.1 Å². The van der Waals surface area contributed by atoms with E-state index < -0.39 is 23.4 Å². The number of pyridine rings is 1. The fourth-order valence-corrected chi connectivity index (χ4v) is 5.27. The van der Waals surface area contributed by atoms with Crippen molar-refractivity contribution in [2.45, 2.75) is 45.8 Å². The summed E-state index contributed by atoms with van der Waals surface area (Å²) in [6, 6.07) is 9.19. The lowest BCUT2D eigenvalue weighted by atomic mass is 9.95. The van der Waals surface area contributed by atoms with Crippen LogP contribution in [0.2, 0.25) is 0 Å². The predicted molar refractivity (Wildman–Crippen MR) is 144 cm³/mol. The molecule has 0 saturated carbocycles. The van der Waals surface area contributed by atoms with Crippen molar-refractivity contribution in [3.63, 3.8) is 0 Å². The van der Waals surface area contributed by atoms with Crippen molar-refractivity contribution in [1.29, 1.82) is 5.41 Å². The van der Waals surface area contributed by atoms with Crippen molar-refractivity contribution in [2.24, 2.45) is 0 Å². The minimum atomic E-state index is -4.72. The van der Waals surface area contributed by atoms with Gasteiger partial charge in [-0.05, 0) is 42.2 Å². The van der Waals surface area contributed by atoms with Gasteiger partial charge >= 0.3 is 6.18 Å². The Kier molecular flexibility index (Phi) is 7.07. The summed E-state index contributed by atoms with van der Waals surface area (Å²) in [5.74, 6) is -1.95. The van der Waals surface area contributed by atoms with Crippen molar-refractivity contribution < 1.29 is 22.0 Å². The maximum Gasteiger partial charge on any atom is 0.417 e. The number of aryl methyl sites for hydroxylation is 2. The van der Waals surface area contributed by atoms with Crippen molar-refractivity contribution >= 4 is 17.7 Å². The van der Waals surface area contributed by atoms with E-state index in [2.05, 4.69) is 4.98 Å². The normalized spacial score (nSPS) is 13.4. The van der Waals surface area contributed by atoms with Gasteiger partial charge in [0.15, 0.2) is 11.6 Å². The highest BCUT2D eigenvalue weighted by Gasteiger charge is 2.34. The molecule has 3 heterocycles. The molecule has 0 bridgehead atoms. The van der Waals surface area contributed by atoms with Crippen molar-refractivity contribution in [3.8, 4) is 16.9 Å². The van der Waals surface area contributed by atoms with Crippen LogP contribution >= 0.6 is 0 Å². The number of nitrogens with one attached hydrogen (secondary N) is 1. The third-order valence-electron chi connectivity index (χ3n) is 7.29. The number of nitrogens with zero attached hydrogens (tertiary/aromatic N) is 4. The monoisotopic (exact) mass is 554 g/mol. The topological polar surface area (TPSA) is 83.8 Å². The van der Waals surface area contributed by atoms with Gasteiger partial charge in [-0.3, -0.25) is 0 Å². The fraction of sp³-hybridized carbons (Fsp3) is 0.276. The molecule has 2 aromatic heterocycles. The highest BCUT2D eigenvalue weighted by molar-refractivity contribution is 5.95. The van der Waals surface area contributed by atoms with Gasteiger partial charge in [-0.1, -0.05) is 32.0 Å². The smallest absolute Gasteiger partial charge is 0.396 e. The van der Waals surface area contributed by atoms with Gasteiger partial charge in [0.2, 0.25) is 0 Å². The van der Waals surface area contributed by atoms with Gasteiger partial charge in [0.25, 0.3) is 0 Å². The molecule has 1 aliphatic rings. The average molecular weight is 555 g/mol. The molecule has 5 rings (SSSR count). The summed E-state index contributed by atoms with van der Waals surface area (Å²) < 4.78 is 70.5. The van der Waals surface area contributed by atoms with Gasteiger partial charge in [-0.2, -0.15) is 18.3 Å². The minimum absolute atomic E-state index is 0.0877. The van der Waals surface area contributed by atoms with Crippen LogP contribution in [-0.4, -0.2) is 27.5 Å². The number of fused-ring (bicyclic) bond motifs is 1. The van der Waals surface area contributed by atoms with Crippen LogP contribution in [0.5, 0.6) is 0 Å². The van der Waals surface area contributed by atoms with Crippen LogP contribution in [0.3, 0.4) is 0 Å².